The lowest BCUT2D eigenvalue weighted by atomic mass is 9.99. The van der Waals surface area contributed by atoms with Crippen molar-refractivity contribution in [3.8, 4) is 0 Å². The van der Waals surface area contributed by atoms with E-state index in [9.17, 15) is 4.79 Å². The number of carbonyl (C=O) groups is 1. The SMILES string of the molecule is Cc1cc2ncc3c(n2n1)C[C@H]1CC[C@H]3N1C(=O)Cn1cc(Cl)cn1. The summed E-state index contributed by atoms with van der Waals surface area (Å²) in [5.74, 6) is 0.0784. The lowest BCUT2D eigenvalue weighted by Gasteiger charge is -2.36. The molecule has 2 aliphatic heterocycles. The minimum Gasteiger partial charge on any atom is -0.331 e. The van der Waals surface area contributed by atoms with Crippen LogP contribution >= 0.6 is 11.6 Å². The van der Waals surface area contributed by atoms with Gasteiger partial charge in [-0.05, 0) is 19.8 Å². The van der Waals surface area contributed by atoms with E-state index in [1.807, 2.05) is 28.6 Å². The zero-order chi connectivity index (χ0) is 17.1. The monoisotopic (exact) mass is 356 g/mol. The minimum atomic E-state index is 0.0775. The van der Waals surface area contributed by atoms with Crippen molar-refractivity contribution >= 4 is 23.2 Å². The van der Waals surface area contributed by atoms with Crippen LogP contribution in [0.3, 0.4) is 0 Å². The number of rotatable bonds is 2. The molecule has 5 rings (SSSR count). The van der Waals surface area contributed by atoms with Crippen LogP contribution in [-0.2, 0) is 17.8 Å². The molecule has 7 nitrogen and oxygen atoms in total. The molecule has 1 amide bonds. The second-order valence-electron chi connectivity index (χ2n) is 6.82. The normalized spacial score (nSPS) is 21.8. The van der Waals surface area contributed by atoms with E-state index in [1.54, 1.807) is 17.1 Å². The molecule has 2 atom stereocenters. The van der Waals surface area contributed by atoms with Gasteiger partial charge in [0.1, 0.15) is 6.54 Å². The fourth-order valence-corrected chi connectivity index (χ4v) is 4.38. The number of hydrogen-bond acceptors (Lipinski definition) is 4. The van der Waals surface area contributed by atoms with Crippen molar-refractivity contribution < 1.29 is 4.79 Å². The first kappa shape index (κ1) is 14.9. The Kier molecular flexibility index (Phi) is 3.15. The van der Waals surface area contributed by atoms with Crippen molar-refractivity contribution in [3.05, 3.63) is 46.6 Å². The molecule has 2 aliphatic rings. The summed E-state index contributed by atoms with van der Waals surface area (Å²) >= 11 is 5.90. The second-order valence-corrected chi connectivity index (χ2v) is 7.26. The van der Waals surface area contributed by atoms with Gasteiger partial charge in [-0.25, -0.2) is 9.50 Å². The summed E-state index contributed by atoms with van der Waals surface area (Å²) in [7, 11) is 0. The number of fused-ring (bicyclic) bond motifs is 6. The average molecular weight is 357 g/mol. The van der Waals surface area contributed by atoms with Crippen molar-refractivity contribution in [2.24, 2.45) is 0 Å². The molecule has 2 bridgehead atoms. The smallest absolute Gasteiger partial charge is 0.245 e. The van der Waals surface area contributed by atoms with Crippen molar-refractivity contribution in [1.29, 1.82) is 0 Å². The first-order chi connectivity index (χ1) is 12.1. The molecule has 0 spiro atoms. The molecule has 5 heterocycles. The van der Waals surface area contributed by atoms with Gasteiger partial charge in [0, 0.05) is 36.5 Å². The van der Waals surface area contributed by atoms with Crippen LogP contribution in [0, 0.1) is 6.92 Å². The highest BCUT2D eigenvalue weighted by atomic mass is 35.5. The summed E-state index contributed by atoms with van der Waals surface area (Å²) in [5, 5.41) is 9.25. The molecule has 0 saturated carbocycles. The molecule has 1 saturated heterocycles. The molecule has 3 aromatic rings. The highest BCUT2D eigenvalue weighted by molar-refractivity contribution is 6.30. The van der Waals surface area contributed by atoms with Crippen molar-refractivity contribution in [1.82, 2.24) is 29.3 Å². The van der Waals surface area contributed by atoms with E-state index in [0.29, 0.717) is 5.02 Å². The van der Waals surface area contributed by atoms with Crippen LogP contribution in [0.5, 0.6) is 0 Å². The number of hydrogen-bond donors (Lipinski definition) is 0. The van der Waals surface area contributed by atoms with Gasteiger partial charge in [-0.2, -0.15) is 10.2 Å². The average Bonchev–Trinajstić information content (AvgIpc) is 3.24. The molecular formula is C17H17ClN6O. The van der Waals surface area contributed by atoms with Crippen LogP contribution in [0.1, 0.15) is 35.8 Å². The number of carbonyl (C=O) groups excluding carboxylic acids is 1. The van der Waals surface area contributed by atoms with Gasteiger partial charge in [0.25, 0.3) is 0 Å². The molecule has 8 heteroatoms. The van der Waals surface area contributed by atoms with E-state index in [4.69, 9.17) is 11.6 Å². The zero-order valence-corrected chi connectivity index (χ0v) is 14.5. The van der Waals surface area contributed by atoms with Gasteiger partial charge in [0.05, 0.1) is 28.6 Å². The Bertz CT molecular complexity index is 992. The maximum Gasteiger partial charge on any atom is 0.245 e. The van der Waals surface area contributed by atoms with Crippen LogP contribution in [0.2, 0.25) is 5.02 Å². The fourth-order valence-electron chi connectivity index (χ4n) is 4.23. The van der Waals surface area contributed by atoms with Gasteiger partial charge in [0.2, 0.25) is 5.91 Å². The topological polar surface area (TPSA) is 68.3 Å². The summed E-state index contributed by atoms with van der Waals surface area (Å²) in [5.41, 5.74) is 4.15. The number of nitrogens with zero attached hydrogens (tertiary/aromatic N) is 6. The van der Waals surface area contributed by atoms with Gasteiger partial charge in [-0.3, -0.25) is 9.48 Å². The zero-order valence-electron chi connectivity index (χ0n) is 13.8. The Morgan fingerprint density at radius 2 is 2.24 bits per heavy atom. The highest BCUT2D eigenvalue weighted by Crippen LogP contribution is 2.43. The molecule has 128 valence electrons. The summed E-state index contributed by atoms with van der Waals surface area (Å²) in [6.45, 7) is 2.19. The summed E-state index contributed by atoms with van der Waals surface area (Å²) in [6, 6.07) is 2.28. The molecule has 0 aromatic carbocycles. The number of amides is 1. The fraction of sp³-hybridized carbons (Fsp3) is 0.412. The number of aryl methyl sites for hydroxylation is 1. The molecular weight excluding hydrogens is 340 g/mol. The molecule has 0 N–H and O–H groups in total. The Morgan fingerprint density at radius 3 is 3.04 bits per heavy atom. The molecule has 3 aromatic heterocycles. The quantitative estimate of drug-likeness (QED) is 0.705. The van der Waals surface area contributed by atoms with Gasteiger partial charge in [0.15, 0.2) is 5.65 Å². The van der Waals surface area contributed by atoms with Gasteiger partial charge in [-0.1, -0.05) is 11.6 Å². The first-order valence-corrected chi connectivity index (χ1v) is 8.81. The lowest BCUT2D eigenvalue weighted by molar-refractivity contribution is -0.135. The van der Waals surface area contributed by atoms with E-state index in [1.165, 1.54) is 5.69 Å². The Labute approximate surface area is 149 Å². The highest BCUT2D eigenvalue weighted by Gasteiger charge is 2.43. The molecule has 0 unspecified atom stereocenters. The van der Waals surface area contributed by atoms with Crippen molar-refractivity contribution in [2.75, 3.05) is 0 Å². The van der Waals surface area contributed by atoms with Crippen LogP contribution < -0.4 is 0 Å². The van der Waals surface area contributed by atoms with E-state index < -0.39 is 0 Å². The standard InChI is InChI=1S/C17H17ClN6O/c1-10-4-16-19-7-13-14-3-2-12(5-15(13)24(16)21-10)23(14)17(25)9-22-8-11(18)6-20-22/h4,6-8,12,14H,2-3,5,9H2,1H3/t12-,14-/m1/s1. The van der Waals surface area contributed by atoms with Crippen LogP contribution in [0.4, 0.5) is 0 Å². The van der Waals surface area contributed by atoms with Crippen molar-refractivity contribution in [3.63, 3.8) is 0 Å². The maximum atomic E-state index is 12.9. The molecule has 0 aliphatic carbocycles. The summed E-state index contributed by atoms with van der Waals surface area (Å²) < 4.78 is 3.54. The Morgan fingerprint density at radius 1 is 1.36 bits per heavy atom. The molecule has 1 fully saturated rings. The van der Waals surface area contributed by atoms with Gasteiger partial charge in [-0.15, -0.1) is 0 Å². The Hall–Kier alpha value is -2.41. The molecule has 0 radical (unpaired) electrons. The summed E-state index contributed by atoms with van der Waals surface area (Å²) in [6.07, 6.45) is 7.94. The second kappa shape index (κ2) is 5.29. The van der Waals surface area contributed by atoms with E-state index in [0.717, 1.165) is 36.2 Å². The Balaban J connectivity index is 1.50. The van der Waals surface area contributed by atoms with Gasteiger partial charge < -0.3 is 4.90 Å². The third-order valence-electron chi connectivity index (χ3n) is 5.21. The third kappa shape index (κ3) is 2.26. The van der Waals surface area contributed by atoms with Crippen LogP contribution in [0.15, 0.2) is 24.7 Å². The van der Waals surface area contributed by atoms with E-state index >= 15 is 0 Å². The third-order valence-corrected chi connectivity index (χ3v) is 5.41. The number of aromatic nitrogens is 5. The van der Waals surface area contributed by atoms with Crippen molar-refractivity contribution in [2.45, 2.75) is 44.8 Å². The predicted octanol–water partition coefficient (Wildman–Crippen LogP) is 2.18. The first-order valence-electron chi connectivity index (χ1n) is 8.43. The maximum absolute atomic E-state index is 12.9. The van der Waals surface area contributed by atoms with E-state index in [2.05, 4.69) is 15.2 Å². The summed E-state index contributed by atoms with van der Waals surface area (Å²) in [4.78, 5) is 19.5. The number of halogens is 1. The van der Waals surface area contributed by atoms with Crippen LogP contribution in [0.25, 0.3) is 5.65 Å². The van der Waals surface area contributed by atoms with E-state index in [-0.39, 0.29) is 24.5 Å². The minimum absolute atomic E-state index is 0.0775. The predicted molar refractivity (Wildman–Crippen MR) is 91.3 cm³/mol. The largest absolute Gasteiger partial charge is 0.331 e. The lowest BCUT2D eigenvalue weighted by Crippen LogP contribution is -2.44. The molecule has 25 heavy (non-hydrogen) atoms. The van der Waals surface area contributed by atoms with Gasteiger partial charge >= 0.3 is 0 Å². The van der Waals surface area contributed by atoms with Crippen LogP contribution in [-0.4, -0.2) is 41.2 Å².